The van der Waals surface area contributed by atoms with Gasteiger partial charge in [0.05, 0.1) is 0 Å². The molecule has 1 atom stereocenters. The maximum Gasteiger partial charge on any atom is 0.0403 e. The lowest BCUT2D eigenvalue weighted by Gasteiger charge is -2.26. The summed E-state index contributed by atoms with van der Waals surface area (Å²) in [4.78, 5) is 4.40. The molecule has 2 heteroatoms. The first-order valence-electron chi connectivity index (χ1n) is 6.66. The smallest absolute Gasteiger partial charge is 0.0403 e. The molecule has 0 saturated carbocycles. The predicted octanol–water partition coefficient (Wildman–Crippen LogP) is 3.61. The number of pyridine rings is 1. The summed E-state index contributed by atoms with van der Waals surface area (Å²) in [5.41, 5.74) is 3.99. The molecular formula is C16H18N2. The third-order valence-electron chi connectivity index (χ3n) is 3.68. The Morgan fingerprint density at radius 2 is 2.00 bits per heavy atom. The Kier molecular flexibility index (Phi) is 3.26. The maximum absolute atomic E-state index is 4.40. The lowest BCUT2D eigenvalue weighted by molar-refractivity contribution is 0.575. The van der Waals surface area contributed by atoms with E-state index in [4.69, 9.17) is 0 Å². The zero-order valence-corrected chi connectivity index (χ0v) is 10.5. The number of nitrogens with zero attached hydrogens (tertiary/aromatic N) is 1. The van der Waals surface area contributed by atoms with Gasteiger partial charge in [-0.1, -0.05) is 24.3 Å². The first-order chi connectivity index (χ1) is 8.93. The molecule has 0 spiro atoms. The standard InChI is InChI=1S/C16H18N2/c1-2-7-16-15(6-1)13(10-12-18-16)8-9-14-5-3-4-11-17-14/h1-7,11,13,18H,8-10,12H2. The van der Waals surface area contributed by atoms with Crippen molar-refractivity contribution in [2.45, 2.75) is 25.2 Å². The minimum Gasteiger partial charge on any atom is -0.385 e. The summed E-state index contributed by atoms with van der Waals surface area (Å²) in [6.45, 7) is 1.09. The number of aromatic nitrogens is 1. The molecule has 0 saturated heterocycles. The number of hydrogen-bond acceptors (Lipinski definition) is 2. The van der Waals surface area contributed by atoms with Crippen LogP contribution in [-0.4, -0.2) is 11.5 Å². The van der Waals surface area contributed by atoms with E-state index in [1.54, 1.807) is 0 Å². The molecular weight excluding hydrogens is 220 g/mol. The Morgan fingerprint density at radius 1 is 1.11 bits per heavy atom. The molecule has 2 aromatic rings. The fourth-order valence-electron chi connectivity index (χ4n) is 2.72. The van der Waals surface area contributed by atoms with E-state index in [1.807, 2.05) is 12.3 Å². The van der Waals surface area contributed by atoms with Crippen LogP contribution < -0.4 is 5.32 Å². The lowest BCUT2D eigenvalue weighted by atomic mass is 9.87. The largest absolute Gasteiger partial charge is 0.385 e. The second kappa shape index (κ2) is 5.21. The van der Waals surface area contributed by atoms with Crippen molar-refractivity contribution in [3.63, 3.8) is 0 Å². The average Bonchev–Trinajstić information content (AvgIpc) is 2.46. The highest BCUT2D eigenvalue weighted by atomic mass is 14.9. The van der Waals surface area contributed by atoms with E-state index in [1.165, 1.54) is 29.8 Å². The summed E-state index contributed by atoms with van der Waals surface area (Å²) in [5, 5.41) is 3.48. The minimum atomic E-state index is 0.671. The van der Waals surface area contributed by atoms with Crippen LogP contribution in [0.3, 0.4) is 0 Å². The molecule has 1 aromatic heterocycles. The number of nitrogens with one attached hydrogen (secondary N) is 1. The van der Waals surface area contributed by atoms with Crippen LogP contribution in [0.1, 0.15) is 30.0 Å². The van der Waals surface area contributed by atoms with Crippen molar-refractivity contribution in [1.29, 1.82) is 0 Å². The van der Waals surface area contributed by atoms with Gasteiger partial charge in [0.15, 0.2) is 0 Å². The van der Waals surface area contributed by atoms with Crippen LogP contribution in [0.4, 0.5) is 5.69 Å². The minimum absolute atomic E-state index is 0.671. The monoisotopic (exact) mass is 238 g/mol. The molecule has 92 valence electrons. The highest BCUT2D eigenvalue weighted by Crippen LogP contribution is 2.34. The zero-order chi connectivity index (χ0) is 12.2. The second-order valence-electron chi connectivity index (χ2n) is 4.86. The van der Waals surface area contributed by atoms with E-state index in [0.717, 1.165) is 13.0 Å². The normalized spacial score (nSPS) is 17.9. The fraction of sp³-hybridized carbons (Fsp3) is 0.312. The van der Waals surface area contributed by atoms with Crippen LogP contribution >= 0.6 is 0 Å². The van der Waals surface area contributed by atoms with Crippen molar-refractivity contribution in [3.8, 4) is 0 Å². The van der Waals surface area contributed by atoms with Crippen molar-refractivity contribution in [2.24, 2.45) is 0 Å². The highest BCUT2D eigenvalue weighted by Gasteiger charge is 2.19. The summed E-state index contributed by atoms with van der Waals surface area (Å²) in [6.07, 6.45) is 5.37. The van der Waals surface area contributed by atoms with Crippen molar-refractivity contribution in [2.75, 3.05) is 11.9 Å². The van der Waals surface area contributed by atoms with Gasteiger partial charge in [-0.2, -0.15) is 0 Å². The number of benzene rings is 1. The van der Waals surface area contributed by atoms with E-state index in [0.29, 0.717) is 5.92 Å². The van der Waals surface area contributed by atoms with Gasteiger partial charge in [0, 0.05) is 24.1 Å². The fourth-order valence-corrected chi connectivity index (χ4v) is 2.72. The first kappa shape index (κ1) is 11.3. The van der Waals surface area contributed by atoms with Crippen molar-refractivity contribution in [1.82, 2.24) is 4.98 Å². The van der Waals surface area contributed by atoms with E-state index in [9.17, 15) is 0 Å². The molecule has 2 heterocycles. The van der Waals surface area contributed by atoms with E-state index in [-0.39, 0.29) is 0 Å². The topological polar surface area (TPSA) is 24.9 Å². The van der Waals surface area contributed by atoms with Crippen LogP contribution in [0.2, 0.25) is 0 Å². The highest BCUT2D eigenvalue weighted by molar-refractivity contribution is 5.54. The van der Waals surface area contributed by atoms with E-state index < -0.39 is 0 Å². The number of aryl methyl sites for hydroxylation is 1. The average molecular weight is 238 g/mol. The Balaban J connectivity index is 1.71. The second-order valence-corrected chi connectivity index (χ2v) is 4.86. The molecule has 0 bridgehead atoms. The third-order valence-corrected chi connectivity index (χ3v) is 3.68. The Labute approximate surface area is 108 Å². The predicted molar refractivity (Wildman–Crippen MR) is 74.8 cm³/mol. The van der Waals surface area contributed by atoms with Gasteiger partial charge in [-0.05, 0) is 48.9 Å². The number of fused-ring (bicyclic) bond motifs is 1. The molecule has 0 aliphatic carbocycles. The van der Waals surface area contributed by atoms with Gasteiger partial charge in [-0.25, -0.2) is 0 Å². The quantitative estimate of drug-likeness (QED) is 0.883. The molecule has 3 rings (SSSR count). The van der Waals surface area contributed by atoms with Gasteiger partial charge in [-0.15, -0.1) is 0 Å². The summed E-state index contributed by atoms with van der Waals surface area (Å²) < 4.78 is 0. The lowest BCUT2D eigenvalue weighted by Crippen LogP contribution is -2.17. The SMILES string of the molecule is c1ccc(CCC2CCNc3ccccc32)nc1. The number of para-hydroxylation sites is 1. The van der Waals surface area contributed by atoms with Crippen LogP contribution in [0.15, 0.2) is 48.7 Å². The number of hydrogen-bond donors (Lipinski definition) is 1. The zero-order valence-electron chi connectivity index (χ0n) is 10.5. The summed E-state index contributed by atoms with van der Waals surface area (Å²) in [6, 6.07) is 14.8. The van der Waals surface area contributed by atoms with Crippen molar-refractivity contribution < 1.29 is 0 Å². The molecule has 1 N–H and O–H groups in total. The number of anilines is 1. The van der Waals surface area contributed by atoms with Crippen molar-refractivity contribution >= 4 is 5.69 Å². The van der Waals surface area contributed by atoms with Gasteiger partial charge >= 0.3 is 0 Å². The summed E-state index contributed by atoms with van der Waals surface area (Å²) in [5.74, 6) is 0.671. The van der Waals surface area contributed by atoms with Gasteiger partial charge in [-0.3, -0.25) is 4.98 Å². The van der Waals surface area contributed by atoms with Crippen LogP contribution in [-0.2, 0) is 6.42 Å². The first-order valence-corrected chi connectivity index (χ1v) is 6.66. The molecule has 18 heavy (non-hydrogen) atoms. The molecule has 1 aliphatic heterocycles. The third kappa shape index (κ3) is 2.37. The molecule has 1 aromatic carbocycles. The van der Waals surface area contributed by atoms with Crippen molar-refractivity contribution in [3.05, 3.63) is 59.9 Å². The summed E-state index contributed by atoms with van der Waals surface area (Å²) in [7, 11) is 0. The Morgan fingerprint density at radius 3 is 2.89 bits per heavy atom. The van der Waals surface area contributed by atoms with Crippen LogP contribution in [0.25, 0.3) is 0 Å². The number of rotatable bonds is 3. The summed E-state index contributed by atoms with van der Waals surface area (Å²) >= 11 is 0. The maximum atomic E-state index is 4.40. The molecule has 2 nitrogen and oxygen atoms in total. The molecule has 1 unspecified atom stereocenters. The van der Waals surface area contributed by atoms with E-state index in [2.05, 4.69) is 46.7 Å². The van der Waals surface area contributed by atoms with Gasteiger partial charge in [0.2, 0.25) is 0 Å². The molecule has 0 amide bonds. The molecule has 0 radical (unpaired) electrons. The van der Waals surface area contributed by atoms with Gasteiger partial charge < -0.3 is 5.32 Å². The molecule has 0 fully saturated rings. The van der Waals surface area contributed by atoms with Gasteiger partial charge in [0.1, 0.15) is 0 Å². The van der Waals surface area contributed by atoms with E-state index >= 15 is 0 Å². The van der Waals surface area contributed by atoms with Gasteiger partial charge in [0.25, 0.3) is 0 Å². The Hall–Kier alpha value is -1.83. The van der Waals surface area contributed by atoms with Crippen LogP contribution in [0, 0.1) is 0 Å². The Bertz CT molecular complexity index is 508. The van der Waals surface area contributed by atoms with Crippen LogP contribution in [0.5, 0.6) is 0 Å². The molecule has 1 aliphatic rings.